The zero-order valence-electron chi connectivity index (χ0n) is 14.8. The summed E-state index contributed by atoms with van der Waals surface area (Å²) >= 11 is 0. The van der Waals surface area contributed by atoms with Gasteiger partial charge in [0.1, 0.15) is 12.1 Å². The summed E-state index contributed by atoms with van der Waals surface area (Å²) < 4.78 is 11.7. The number of benzene rings is 2. The maximum Gasteiger partial charge on any atom is 0.163 e. The molecule has 4 nitrogen and oxygen atoms in total. The molecule has 0 saturated carbocycles. The summed E-state index contributed by atoms with van der Waals surface area (Å²) in [5, 5.41) is 9.86. The van der Waals surface area contributed by atoms with Crippen LogP contribution in [0.2, 0.25) is 0 Å². The molecule has 130 valence electrons. The SMILES string of the molecule is CC1(C)OC[C@H]([C@@H](C#N)N(Cc2ccccc2)Cc2ccccc2)O1. The molecule has 0 unspecified atom stereocenters. The highest BCUT2D eigenvalue weighted by Gasteiger charge is 2.40. The highest BCUT2D eigenvalue weighted by Crippen LogP contribution is 2.27. The van der Waals surface area contributed by atoms with E-state index in [0.29, 0.717) is 19.7 Å². The standard InChI is InChI=1S/C21H24N2O2/c1-21(2)24-16-20(25-21)19(13-22)23(14-17-9-5-3-6-10-17)15-18-11-7-4-8-12-18/h3-12,19-20H,14-16H2,1-2H3/t19-,20-/m1/s1. The molecule has 1 heterocycles. The van der Waals surface area contributed by atoms with Gasteiger partial charge in [-0.1, -0.05) is 60.7 Å². The number of ether oxygens (including phenoxy) is 2. The lowest BCUT2D eigenvalue weighted by molar-refractivity contribution is -0.144. The van der Waals surface area contributed by atoms with E-state index in [1.54, 1.807) is 0 Å². The molecule has 0 spiro atoms. The van der Waals surface area contributed by atoms with Crippen LogP contribution in [-0.2, 0) is 22.6 Å². The van der Waals surface area contributed by atoms with Crippen LogP contribution in [0.1, 0.15) is 25.0 Å². The summed E-state index contributed by atoms with van der Waals surface area (Å²) in [6.07, 6.45) is -0.257. The first-order chi connectivity index (χ1) is 12.1. The summed E-state index contributed by atoms with van der Waals surface area (Å²) in [7, 11) is 0. The summed E-state index contributed by atoms with van der Waals surface area (Å²) in [5.41, 5.74) is 2.36. The lowest BCUT2D eigenvalue weighted by atomic mass is 10.1. The Morgan fingerprint density at radius 3 is 1.96 bits per heavy atom. The fraction of sp³-hybridized carbons (Fsp3) is 0.381. The van der Waals surface area contributed by atoms with E-state index in [4.69, 9.17) is 9.47 Å². The molecule has 0 N–H and O–H groups in total. The van der Waals surface area contributed by atoms with Crippen molar-refractivity contribution in [3.8, 4) is 6.07 Å². The molecule has 3 rings (SSSR count). The fourth-order valence-electron chi connectivity index (χ4n) is 3.16. The quantitative estimate of drug-likeness (QED) is 0.806. The average molecular weight is 336 g/mol. The van der Waals surface area contributed by atoms with Gasteiger partial charge in [-0.3, -0.25) is 4.90 Å². The van der Waals surface area contributed by atoms with Gasteiger partial charge in [0.2, 0.25) is 0 Å². The van der Waals surface area contributed by atoms with Gasteiger partial charge in [-0.15, -0.1) is 0 Å². The van der Waals surface area contributed by atoms with Crippen LogP contribution in [0.15, 0.2) is 60.7 Å². The van der Waals surface area contributed by atoms with E-state index in [-0.39, 0.29) is 12.1 Å². The van der Waals surface area contributed by atoms with Crippen molar-refractivity contribution in [3.63, 3.8) is 0 Å². The lowest BCUT2D eigenvalue weighted by Crippen LogP contribution is -2.43. The van der Waals surface area contributed by atoms with E-state index in [1.807, 2.05) is 50.2 Å². The van der Waals surface area contributed by atoms with Crippen LogP contribution >= 0.6 is 0 Å². The molecule has 4 heteroatoms. The third-order valence-corrected chi connectivity index (χ3v) is 4.37. The average Bonchev–Trinajstić information content (AvgIpc) is 2.97. The Labute approximate surface area is 149 Å². The highest BCUT2D eigenvalue weighted by molar-refractivity contribution is 5.18. The molecule has 0 aliphatic carbocycles. The Hall–Kier alpha value is -2.19. The van der Waals surface area contributed by atoms with Crippen LogP contribution in [-0.4, -0.2) is 29.4 Å². The van der Waals surface area contributed by atoms with Crippen molar-refractivity contribution >= 4 is 0 Å². The molecule has 2 atom stereocenters. The van der Waals surface area contributed by atoms with Crippen molar-refractivity contribution in [2.75, 3.05) is 6.61 Å². The van der Waals surface area contributed by atoms with Crippen LogP contribution in [0.25, 0.3) is 0 Å². The molecule has 0 amide bonds. The lowest BCUT2D eigenvalue weighted by Gasteiger charge is -2.31. The molecule has 0 radical (unpaired) electrons. The molecule has 2 aromatic carbocycles. The molecule has 0 bridgehead atoms. The zero-order chi connectivity index (χ0) is 17.7. The molecule has 1 aliphatic heterocycles. The van der Waals surface area contributed by atoms with Gasteiger partial charge in [0.05, 0.1) is 12.7 Å². The van der Waals surface area contributed by atoms with Crippen molar-refractivity contribution < 1.29 is 9.47 Å². The Bertz CT molecular complexity index is 668. The van der Waals surface area contributed by atoms with E-state index in [9.17, 15) is 5.26 Å². The second-order valence-electron chi connectivity index (χ2n) is 6.82. The minimum atomic E-state index is -0.634. The van der Waals surface area contributed by atoms with Gasteiger partial charge in [0, 0.05) is 13.1 Å². The first-order valence-corrected chi connectivity index (χ1v) is 8.61. The van der Waals surface area contributed by atoms with Crippen molar-refractivity contribution in [1.82, 2.24) is 4.90 Å². The molecular formula is C21H24N2O2. The van der Waals surface area contributed by atoms with Gasteiger partial charge in [0.15, 0.2) is 5.79 Å². The van der Waals surface area contributed by atoms with Crippen LogP contribution < -0.4 is 0 Å². The maximum absolute atomic E-state index is 9.86. The Kier molecular flexibility index (Phi) is 5.50. The molecule has 25 heavy (non-hydrogen) atoms. The van der Waals surface area contributed by atoms with Gasteiger partial charge >= 0.3 is 0 Å². The third-order valence-electron chi connectivity index (χ3n) is 4.37. The number of nitrogens with zero attached hydrogens (tertiary/aromatic N) is 2. The molecular weight excluding hydrogens is 312 g/mol. The van der Waals surface area contributed by atoms with Gasteiger partial charge < -0.3 is 9.47 Å². The minimum Gasteiger partial charge on any atom is -0.348 e. The topological polar surface area (TPSA) is 45.5 Å². The van der Waals surface area contributed by atoms with Crippen LogP contribution in [0.3, 0.4) is 0 Å². The van der Waals surface area contributed by atoms with Crippen LogP contribution in [0.5, 0.6) is 0 Å². The van der Waals surface area contributed by atoms with Crippen molar-refractivity contribution in [2.24, 2.45) is 0 Å². The first-order valence-electron chi connectivity index (χ1n) is 8.61. The molecule has 1 aliphatic rings. The summed E-state index contributed by atoms with van der Waals surface area (Å²) in [6.45, 7) is 5.59. The van der Waals surface area contributed by atoms with Gasteiger partial charge in [-0.05, 0) is 25.0 Å². The second-order valence-corrected chi connectivity index (χ2v) is 6.82. The van der Waals surface area contributed by atoms with E-state index < -0.39 is 5.79 Å². The smallest absolute Gasteiger partial charge is 0.163 e. The van der Waals surface area contributed by atoms with E-state index in [0.717, 1.165) is 0 Å². The second kappa shape index (κ2) is 7.79. The monoisotopic (exact) mass is 336 g/mol. The largest absolute Gasteiger partial charge is 0.348 e. The normalized spacial score (nSPS) is 20.3. The predicted molar refractivity (Wildman–Crippen MR) is 96.4 cm³/mol. The van der Waals surface area contributed by atoms with Gasteiger partial charge in [0.25, 0.3) is 0 Å². The van der Waals surface area contributed by atoms with Crippen molar-refractivity contribution in [3.05, 3.63) is 71.8 Å². The minimum absolute atomic E-state index is 0.257. The molecule has 1 fully saturated rings. The maximum atomic E-state index is 9.86. The highest BCUT2D eigenvalue weighted by atomic mass is 16.7. The fourth-order valence-corrected chi connectivity index (χ4v) is 3.16. The number of hydrogen-bond acceptors (Lipinski definition) is 4. The van der Waals surface area contributed by atoms with E-state index >= 15 is 0 Å². The Morgan fingerprint density at radius 2 is 1.56 bits per heavy atom. The van der Waals surface area contributed by atoms with E-state index in [2.05, 4.69) is 35.2 Å². The number of nitriles is 1. The summed E-state index contributed by atoms with van der Waals surface area (Å²) in [5.74, 6) is -0.634. The summed E-state index contributed by atoms with van der Waals surface area (Å²) in [6, 6.07) is 22.5. The predicted octanol–water partition coefficient (Wildman–Crippen LogP) is 3.73. The molecule has 2 aromatic rings. The van der Waals surface area contributed by atoms with Crippen LogP contribution in [0, 0.1) is 11.3 Å². The Morgan fingerprint density at radius 1 is 1.04 bits per heavy atom. The van der Waals surface area contributed by atoms with Gasteiger partial charge in [-0.25, -0.2) is 0 Å². The number of rotatable bonds is 6. The first kappa shape index (κ1) is 17.6. The van der Waals surface area contributed by atoms with Crippen molar-refractivity contribution in [2.45, 2.75) is 44.9 Å². The van der Waals surface area contributed by atoms with E-state index in [1.165, 1.54) is 11.1 Å². The van der Waals surface area contributed by atoms with Crippen molar-refractivity contribution in [1.29, 1.82) is 5.26 Å². The van der Waals surface area contributed by atoms with Gasteiger partial charge in [-0.2, -0.15) is 5.26 Å². The van der Waals surface area contributed by atoms with Crippen LogP contribution in [0.4, 0.5) is 0 Å². The third kappa shape index (κ3) is 4.67. The number of hydrogen-bond donors (Lipinski definition) is 0. The Balaban J connectivity index is 1.82. The molecule has 0 aromatic heterocycles. The molecule has 1 saturated heterocycles. The summed E-state index contributed by atoms with van der Waals surface area (Å²) in [4.78, 5) is 2.17. The zero-order valence-corrected chi connectivity index (χ0v) is 14.8.